The lowest BCUT2D eigenvalue weighted by Crippen LogP contribution is -2.18. The van der Waals surface area contributed by atoms with Crippen molar-refractivity contribution in [1.29, 1.82) is 0 Å². The number of rotatable bonds is 2. The Bertz CT molecular complexity index is 491. The van der Waals surface area contributed by atoms with Crippen molar-refractivity contribution in [2.75, 3.05) is 0 Å². The van der Waals surface area contributed by atoms with Gasteiger partial charge in [-0.3, -0.25) is 0 Å². The average molecular weight is 352 g/mol. The van der Waals surface area contributed by atoms with Gasteiger partial charge in [-0.2, -0.15) is 0 Å². The van der Waals surface area contributed by atoms with Gasteiger partial charge >= 0.3 is 0 Å². The zero-order valence-corrected chi connectivity index (χ0v) is 9.89. The van der Waals surface area contributed by atoms with Crippen LogP contribution in [0.25, 0.3) is 0 Å². The number of pyridine rings is 1. The van der Waals surface area contributed by atoms with Gasteiger partial charge < -0.3 is 0 Å². The maximum Gasteiger partial charge on any atom is 0.281 e. The molecule has 0 saturated heterocycles. The molecule has 1 rings (SSSR count). The van der Waals surface area contributed by atoms with Crippen molar-refractivity contribution in [3.8, 4) is 0 Å². The molecular formula is C6H4F3IN2O2S. The number of hydrogen-bond donors (Lipinski definition) is 1. The summed E-state index contributed by atoms with van der Waals surface area (Å²) in [5, 5.41) is 4.60. The fraction of sp³-hybridized carbons (Fsp3) is 0.167. The van der Waals surface area contributed by atoms with Gasteiger partial charge in [0.1, 0.15) is 20.1 Å². The molecule has 4 nitrogen and oxygen atoms in total. The minimum Gasteiger partial charge on any atom is -0.239 e. The summed E-state index contributed by atoms with van der Waals surface area (Å²) >= 11 is 1.49. The van der Waals surface area contributed by atoms with E-state index in [1.807, 2.05) is 0 Å². The molecular weight excluding hydrogens is 348 g/mol. The largest absolute Gasteiger partial charge is 0.281 e. The molecule has 84 valence electrons. The first-order valence-corrected chi connectivity index (χ1v) is 6.03. The number of nitrogens with zero attached hydrogens (tertiary/aromatic N) is 1. The number of aromatic nitrogens is 1. The molecule has 2 N–H and O–H groups in total. The third kappa shape index (κ3) is 2.78. The fourth-order valence-electron chi connectivity index (χ4n) is 0.920. The van der Waals surface area contributed by atoms with Gasteiger partial charge in [0, 0.05) is 6.07 Å². The second kappa shape index (κ2) is 4.22. The fourth-order valence-corrected chi connectivity index (χ4v) is 2.21. The molecule has 0 fully saturated rings. The number of alkyl halides is 2. The lowest BCUT2D eigenvalue weighted by atomic mass is 10.3. The zero-order valence-electron chi connectivity index (χ0n) is 6.92. The summed E-state index contributed by atoms with van der Waals surface area (Å²) in [4.78, 5) is 1.99. The Hall–Kier alpha value is -0.420. The first-order chi connectivity index (χ1) is 6.73. The van der Waals surface area contributed by atoms with Gasteiger partial charge in [-0.25, -0.2) is 31.7 Å². The number of hydrogen-bond acceptors (Lipinski definition) is 3. The van der Waals surface area contributed by atoms with Crippen molar-refractivity contribution >= 4 is 32.6 Å². The first-order valence-electron chi connectivity index (χ1n) is 3.40. The van der Waals surface area contributed by atoms with Gasteiger partial charge in [-0.1, -0.05) is 0 Å². The van der Waals surface area contributed by atoms with E-state index < -0.39 is 32.9 Å². The Morgan fingerprint density at radius 2 is 2.00 bits per heavy atom. The van der Waals surface area contributed by atoms with Gasteiger partial charge in [-0.05, 0) is 22.6 Å². The normalized spacial score (nSPS) is 12.1. The standard InChI is InChI=1S/C6H4F3IN2O2S/c7-2-1-3(10)12-4(6(8)9)5(2)15(11,13)14/h1,6H,(H2,11,13,14). The van der Waals surface area contributed by atoms with Crippen LogP contribution in [0, 0.1) is 9.52 Å². The van der Waals surface area contributed by atoms with Crippen molar-refractivity contribution in [3.05, 3.63) is 21.3 Å². The molecule has 0 spiro atoms. The second-order valence-electron chi connectivity index (χ2n) is 2.49. The van der Waals surface area contributed by atoms with Gasteiger partial charge in [-0.15, -0.1) is 0 Å². The predicted molar refractivity (Wildman–Crippen MR) is 53.2 cm³/mol. The molecule has 9 heteroatoms. The van der Waals surface area contributed by atoms with Crippen LogP contribution in [0.15, 0.2) is 11.0 Å². The summed E-state index contributed by atoms with van der Waals surface area (Å²) in [6, 6.07) is 0.714. The summed E-state index contributed by atoms with van der Waals surface area (Å²) in [7, 11) is -4.55. The van der Waals surface area contributed by atoms with Crippen molar-refractivity contribution in [2.45, 2.75) is 11.3 Å². The van der Waals surface area contributed by atoms with E-state index in [1.165, 1.54) is 22.6 Å². The third-order valence-corrected chi connectivity index (χ3v) is 2.94. The maximum absolute atomic E-state index is 13.1. The highest BCUT2D eigenvalue weighted by Gasteiger charge is 2.27. The molecule has 0 aromatic carbocycles. The van der Waals surface area contributed by atoms with E-state index in [0.29, 0.717) is 6.07 Å². The van der Waals surface area contributed by atoms with Gasteiger partial charge in [0.2, 0.25) is 10.0 Å². The van der Waals surface area contributed by atoms with Crippen molar-refractivity contribution in [2.24, 2.45) is 5.14 Å². The summed E-state index contributed by atoms with van der Waals surface area (Å²) in [6.07, 6.45) is -3.21. The molecule has 0 aliphatic rings. The Labute approximate surface area is 96.9 Å². The molecule has 1 aromatic heterocycles. The Morgan fingerprint density at radius 1 is 1.47 bits per heavy atom. The minimum atomic E-state index is -4.55. The zero-order chi connectivity index (χ0) is 11.8. The lowest BCUT2D eigenvalue weighted by molar-refractivity contribution is 0.141. The molecule has 0 aliphatic heterocycles. The van der Waals surface area contributed by atoms with E-state index in [-0.39, 0.29) is 3.70 Å². The van der Waals surface area contributed by atoms with E-state index in [9.17, 15) is 21.6 Å². The molecule has 0 atom stereocenters. The molecule has 0 bridgehead atoms. The third-order valence-electron chi connectivity index (χ3n) is 1.41. The molecule has 0 unspecified atom stereocenters. The molecule has 0 amide bonds. The highest BCUT2D eigenvalue weighted by atomic mass is 127. The maximum atomic E-state index is 13.1. The average Bonchev–Trinajstić information content (AvgIpc) is 1.99. The topological polar surface area (TPSA) is 73.1 Å². The van der Waals surface area contributed by atoms with Crippen LogP contribution in [-0.2, 0) is 10.0 Å². The summed E-state index contributed by atoms with van der Waals surface area (Å²) in [5.41, 5.74) is -1.16. The minimum absolute atomic E-state index is 0.0761. The number of halogens is 4. The van der Waals surface area contributed by atoms with E-state index in [0.717, 1.165) is 0 Å². The van der Waals surface area contributed by atoms with Crippen molar-refractivity contribution in [1.82, 2.24) is 4.98 Å². The smallest absolute Gasteiger partial charge is 0.239 e. The molecule has 1 aromatic rings. The Balaban J connectivity index is 3.62. The predicted octanol–water partition coefficient (Wildman–Crippen LogP) is 1.41. The quantitative estimate of drug-likeness (QED) is 0.646. The van der Waals surface area contributed by atoms with Crippen LogP contribution in [0.5, 0.6) is 0 Å². The van der Waals surface area contributed by atoms with Crippen molar-refractivity contribution < 1.29 is 21.6 Å². The van der Waals surface area contributed by atoms with E-state index in [1.54, 1.807) is 0 Å². The highest BCUT2D eigenvalue weighted by molar-refractivity contribution is 14.1. The number of sulfonamides is 1. The molecule has 0 saturated carbocycles. The van der Waals surface area contributed by atoms with Crippen LogP contribution in [-0.4, -0.2) is 13.4 Å². The van der Waals surface area contributed by atoms with Crippen LogP contribution in [0.2, 0.25) is 0 Å². The Morgan fingerprint density at radius 3 is 2.40 bits per heavy atom. The van der Waals surface area contributed by atoms with Gasteiger partial charge in [0.15, 0.2) is 0 Å². The first kappa shape index (κ1) is 12.6. The second-order valence-corrected chi connectivity index (χ2v) is 5.09. The van der Waals surface area contributed by atoms with E-state index in [2.05, 4.69) is 10.1 Å². The number of nitrogens with two attached hydrogens (primary N) is 1. The molecule has 15 heavy (non-hydrogen) atoms. The SMILES string of the molecule is NS(=O)(=O)c1c(F)cc(I)nc1C(F)F. The monoisotopic (exact) mass is 352 g/mol. The Kier molecular flexibility index (Phi) is 3.55. The van der Waals surface area contributed by atoms with Crippen LogP contribution in [0.1, 0.15) is 12.1 Å². The van der Waals surface area contributed by atoms with Gasteiger partial charge in [0.25, 0.3) is 6.43 Å². The van der Waals surface area contributed by atoms with Gasteiger partial charge in [0.05, 0.1) is 0 Å². The lowest BCUT2D eigenvalue weighted by Gasteiger charge is -2.07. The molecule has 1 heterocycles. The summed E-state index contributed by atoms with van der Waals surface area (Å²) in [6.45, 7) is 0. The molecule has 0 radical (unpaired) electrons. The summed E-state index contributed by atoms with van der Waals surface area (Å²) < 4.78 is 59.5. The summed E-state index contributed by atoms with van der Waals surface area (Å²) in [5.74, 6) is -1.33. The van der Waals surface area contributed by atoms with Crippen LogP contribution in [0.3, 0.4) is 0 Å². The van der Waals surface area contributed by atoms with Crippen LogP contribution in [0.4, 0.5) is 13.2 Å². The molecule has 0 aliphatic carbocycles. The van der Waals surface area contributed by atoms with Crippen LogP contribution < -0.4 is 5.14 Å². The highest BCUT2D eigenvalue weighted by Crippen LogP contribution is 2.27. The van der Waals surface area contributed by atoms with E-state index >= 15 is 0 Å². The van der Waals surface area contributed by atoms with E-state index in [4.69, 9.17) is 0 Å². The number of primary sulfonamides is 1. The van der Waals surface area contributed by atoms with Crippen molar-refractivity contribution in [3.63, 3.8) is 0 Å². The van der Waals surface area contributed by atoms with Crippen LogP contribution >= 0.6 is 22.6 Å².